The molecule has 2 atom stereocenters. The lowest BCUT2D eigenvalue weighted by Crippen LogP contribution is -2.26. The van der Waals surface area contributed by atoms with Gasteiger partial charge in [0.05, 0.1) is 11.9 Å². The number of fused-ring (bicyclic) bond motifs is 1. The monoisotopic (exact) mass is 184 g/mol. The molecule has 1 aliphatic heterocycles. The first-order valence-corrected chi connectivity index (χ1v) is 5.85. The highest BCUT2D eigenvalue weighted by Gasteiger charge is 2.26. The normalized spacial score (nSPS) is 36.5. The summed E-state index contributed by atoms with van der Waals surface area (Å²) in [5, 5.41) is 0.778. The summed E-state index contributed by atoms with van der Waals surface area (Å²) in [6, 6.07) is 0.547. The topological polar surface area (TPSA) is 38.4 Å². The molecule has 1 saturated carbocycles. The smallest absolute Gasteiger partial charge is 0.0949 e. The third kappa shape index (κ3) is 1.76. The Morgan fingerprint density at radius 3 is 3.08 bits per heavy atom. The molecule has 2 rings (SSSR count). The third-order valence-corrected chi connectivity index (χ3v) is 4.11. The van der Waals surface area contributed by atoms with Crippen molar-refractivity contribution < 1.29 is 0 Å². The van der Waals surface area contributed by atoms with Crippen LogP contribution in [0.3, 0.4) is 0 Å². The van der Waals surface area contributed by atoms with Gasteiger partial charge in [-0.3, -0.25) is 4.99 Å². The second-order valence-corrected chi connectivity index (χ2v) is 4.98. The fraction of sp³-hybridized carbons (Fsp3) is 0.889. The summed E-state index contributed by atoms with van der Waals surface area (Å²) in [6.07, 6.45) is 6.35. The zero-order valence-corrected chi connectivity index (χ0v) is 8.15. The molecule has 0 saturated heterocycles. The molecule has 2 N–H and O–H groups in total. The zero-order valence-electron chi connectivity index (χ0n) is 7.33. The first-order valence-electron chi connectivity index (χ1n) is 4.80. The Kier molecular flexibility index (Phi) is 2.59. The number of nitrogens with two attached hydrogens (primary N) is 1. The van der Waals surface area contributed by atoms with E-state index >= 15 is 0 Å². The van der Waals surface area contributed by atoms with Crippen LogP contribution >= 0.6 is 11.8 Å². The first-order chi connectivity index (χ1) is 5.86. The van der Waals surface area contributed by atoms with Crippen LogP contribution in [0.5, 0.6) is 0 Å². The van der Waals surface area contributed by atoms with Crippen molar-refractivity contribution >= 4 is 17.6 Å². The molecule has 0 radical (unpaired) electrons. The molecule has 1 heterocycles. The lowest BCUT2D eigenvalue weighted by Gasteiger charge is -2.26. The zero-order chi connectivity index (χ0) is 8.39. The quantitative estimate of drug-likeness (QED) is 0.623. The van der Waals surface area contributed by atoms with Crippen molar-refractivity contribution in [1.82, 2.24) is 0 Å². The molecular formula is C9H16N2S. The molecule has 2 nitrogen and oxygen atoms in total. The van der Waals surface area contributed by atoms with Gasteiger partial charge in [-0.15, -0.1) is 0 Å². The minimum absolute atomic E-state index is 0.547. The average molecular weight is 184 g/mol. The highest BCUT2D eigenvalue weighted by molar-refractivity contribution is 8.00. The molecular weight excluding hydrogens is 168 g/mol. The number of nitrogens with zero attached hydrogens (tertiary/aromatic N) is 1. The second kappa shape index (κ2) is 3.69. The number of amidine groups is 1. The molecule has 0 aromatic rings. The van der Waals surface area contributed by atoms with Crippen molar-refractivity contribution in [2.24, 2.45) is 10.7 Å². The van der Waals surface area contributed by atoms with E-state index in [4.69, 9.17) is 5.73 Å². The molecule has 68 valence electrons. The molecule has 1 aliphatic carbocycles. The average Bonchev–Trinajstić information content (AvgIpc) is 2.25. The Hall–Kier alpha value is -0.180. The van der Waals surface area contributed by atoms with Gasteiger partial charge in [-0.25, -0.2) is 0 Å². The fourth-order valence-corrected chi connectivity index (χ4v) is 3.39. The van der Waals surface area contributed by atoms with E-state index in [2.05, 4.69) is 16.8 Å². The molecule has 1 fully saturated rings. The van der Waals surface area contributed by atoms with Crippen molar-refractivity contribution in [3.05, 3.63) is 0 Å². The molecule has 2 aliphatic rings. The van der Waals surface area contributed by atoms with Crippen molar-refractivity contribution in [2.45, 2.75) is 43.4 Å². The Labute approximate surface area is 78.0 Å². The van der Waals surface area contributed by atoms with E-state index < -0.39 is 0 Å². The van der Waals surface area contributed by atoms with Crippen LogP contribution in [0, 0.1) is 0 Å². The maximum absolute atomic E-state index is 5.78. The SMILES string of the molecule is NC1=N[C@@H]2CCCC[C@H]2SCC1. The first kappa shape index (κ1) is 8.42. The van der Waals surface area contributed by atoms with E-state index in [9.17, 15) is 0 Å². The van der Waals surface area contributed by atoms with Gasteiger partial charge in [0.15, 0.2) is 0 Å². The maximum Gasteiger partial charge on any atom is 0.0949 e. The summed E-state index contributed by atoms with van der Waals surface area (Å²) in [7, 11) is 0. The van der Waals surface area contributed by atoms with Crippen molar-refractivity contribution in [3.63, 3.8) is 0 Å². The maximum atomic E-state index is 5.78. The van der Waals surface area contributed by atoms with Crippen LogP contribution in [-0.2, 0) is 0 Å². The molecule has 0 aromatic carbocycles. The molecule has 12 heavy (non-hydrogen) atoms. The predicted octanol–water partition coefficient (Wildman–Crippen LogP) is 1.79. The summed E-state index contributed by atoms with van der Waals surface area (Å²) >= 11 is 2.08. The van der Waals surface area contributed by atoms with Gasteiger partial charge in [-0.2, -0.15) is 11.8 Å². The van der Waals surface area contributed by atoms with Crippen molar-refractivity contribution in [3.8, 4) is 0 Å². The lowest BCUT2D eigenvalue weighted by atomic mass is 9.95. The van der Waals surface area contributed by atoms with E-state index in [0.29, 0.717) is 6.04 Å². The van der Waals surface area contributed by atoms with E-state index in [0.717, 1.165) is 17.5 Å². The molecule has 0 bridgehead atoms. The van der Waals surface area contributed by atoms with Crippen LogP contribution in [0.25, 0.3) is 0 Å². The fourth-order valence-electron chi connectivity index (χ4n) is 2.01. The Balaban J connectivity index is 2.08. The van der Waals surface area contributed by atoms with Gasteiger partial charge in [0, 0.05) is 17.4 Å². The summed E-state index contributed by atoms with van der Waals surface area (Å²) < 4.78 is 0. The van der Waals surface area contributed by atoms with Gasteiger partial charge in [0.2, 0.25) is 0 Å². The molecule has 0 unspecified atom stereocenters. The third-order valence-electron chi connectivity index (χ3n) is 2.69. The van der Waals surface area contributed by atoms with Gasteiger partial charge in [-0.1, -0.05) is 12.8 Å². The number of hydrogen-bond donors (Lipinski definition) is 1. The van der Waals surface area contributed by atoms with Gasteiger partial charge in [0.1, 0.15) is 0 Å². The highest BCUT2D eigenvalue weighted by Crippen LogP contribution is 2.32. The minimum Gasteiger partial charge on any atom is -0.387 e. The van der Waals surface area contributed by atoms with Crippen LogP contribution in [0.1, 0.15) is 32.1 Å². The second-order valence-electron chi connectivity index (χ2n) is 3.63. The van der Waals surface area contributed by atoms with Crippen LogP contribution in [0.2, 0.25) is 0 Å². The van der Waals surface area contributed by atoms with E-state index in [-0.39, 0.29) is 0 Å². The summed E-state index contributed by atoms with van der Waals surface area (Å²) in [6.45, 7) is 0. The molecule has 3 heteroatoms. The Morgan fingerprint density at radius 1 is 1.33 bits per heavy atom. The summed E-state index contributed by atoms with van der Waals surface area (Å²) in [4.78, 5) is 4.57. The van der Waals surface area contributed by atoms with Crippen LogP contribution < -0.4 is 5.73 Å². The highest BCUT2D eigenvalue weighted by atomic mass is 32.2. The van der Waals surface area contributed by atoms with E-state index in [1.807, 2.05) is 0 Å². The Bertz CT molecular complexity index is 191. The standard InChI is InChI=1S/C9H16N2S/c10-9-5-6-12-8-4-2-1-3-7(8)11-9/h7-8H,1-6H2,(H2,10,11)/t7-,8-/m1/s1. The molecule has 0 spiro atoms. The lowest BCUT2D eigenvalue weighted by molar-refractivity contribution is 0.456. The van der Waals surface area contributed by atoms with Gasteiger partial charge >= 0.3 is 0 Å². The van der Waals surface area contributed by atoms with Crippen LogP contribution in [0.15, 0.2) is 4.99 Å². The number of aliphatic imine (C=N–C) groups is 1. The number of thioether (sulfide) groups is 1. The predicted molar refractivity (Wildman–Crippen MR) is 54.7 cm³/mol. The van der Waals surface area contributed by atoms with Crippen LogP contribution in [0.4, 0.5) is 0 Å². The van der Waals surface area contributed by atoms with Gasteiger partial charge < -0.3 is 5.73 Å². The Morgan fingerprint density at radius 2 is 2.17 bits per heavy atom. The number of hydrogen-bond acceptors (Lipinski definition) is 3. The van der Waals surface area contributed by atoms with Gasteiger partial charge in [0.25, 0.3) is 0 Å². The van der Waals surface area contributed by atoms with Crippen molar-refractivity contribution in [2.75, 3.05) is 5.75 Å². The molecule has 0 amide bonds. The summed E-state index contributed by atoms with van der Waals surface area (Å²) in [5.41, 5.74) is 5.78. The van der Waals surface area contributed by atoms with Gasteiger partial charge in [-0.05, 0) is 12.8 Å². The largest absolute Gasteiger partial charge is 0.387 e. The van der Waals surface area contributed by atoms with Crippen LogP contribution in [-0.4, -0.2) is 22.9 Å². The number of rotatable bonds is 0. The van der Waals surface area contributed by atoms with Crippen molar-refractivity contribution in [1.29, 1.82) is 0 Å². The minimum atomic E-state index is 0.547. The summed E-state index contributed by atoms with van der Waals surface area (Å²) in [5.74, 6) is 2.06. The van der Waals surface area contributed by atoms with E-state index in [1.165, 1.54) is 31.4 Å². The van der Waals surface area contributed by atoms with E-state index in [1.54, 1.807) is 0 Å². The molecule has 0 aromatic heterocycles.